The van der Waals surface area contributed by atoms with E-state index in [1.807, 2.05) is 13.8 Å². The van der Waals surface area contributed by atoms with Gasteiger partial charge in [-0.05, 0) is 29.8 Å². The molecule has 2 aromatic heterocycles. The van der Waals surface area contributed by atoms with Gasteiger partial charge in [-0.25, -0.2) is 9.97 Å². The van der Waals surface area contributed by atoms with Gasteiger partial charge in [-0.2, -0.15) is 0 Å². The molecule has 0 unspecified atom stereocenters. The third-order valence-corrected chi connectivity index (χ3v) is 2.22. The zero-order valence-electron chi connectivity index (χ0n) is 6.76. The van der Waals surface area contributed by atoms with Crippen molar-refractivity contribution in [3.05, 3.63) is 22.3 Å². The SMILES string of the molecule is Cc1nc(C)c2occ(Br)c2n1. The molecule has 2 heterocycles. The van der Waals surface area contributed by atoms with Crippen LogP contribution in [0.1, 0.15) is 11.5 Å². The molecule has 62 valence electrons. The summed E-state index contributed by atoms with van der Waals surface area (Å²) < 4.78 is 6.14. The Labute approximate surface area is 77.9 Å². The molecule has 0 atom stereocenters. The molecule has 0 radical (unpaired) electrons. The standard InChI is InChI=1S/C8H7BrN2O/c1-4-8-7(6(9)3-12-8)11-5(2)10-4/h3H,1-2H3. The summed E-state index contributed by atoms with van der Waals surface area (Å²) in [5.41, 5.74) is 2.48. The van der Waals surface area contributed by atoms with Gasteiger partial charge in [0.2, 0.25) is 0 Å². The van der Waals surface area contributed by atoms with Gasteiger partial charge in [-0.15, -0.1) is 0 Å². The average Bonchev–Trinajstić information content (AvgIpc) is 2.33. The lowest BCUT2D eigenvalue weighted by atomic mass is 10.3. The first-order chi connectivity index (χ1) is 5.68. The van der Waals surface area contributed by atoms with Gasteiger partial charge in [-0.3, -0.25) is 0 Å². The van der Waals surface area contributed by atoms with E-state index in [1.54, 1.807) is 6.26 Å². The topological polar surface area (TPSA) is 38.9 Å². The third kappa shape index (κ3) is 1.03. The summed E-state index contributed by atoms with van der Waals surface area (Å²) in [7, 11) is 0. The van der Waals surface area contributed by atoms with E-state index < -0.39 is 0 Å². The lowest BCUT2D eigenvalue weighted by Crippen LogP contribution is -1.90. The Kier molecular flexibility index (Phi) is 1.65. The number of nitrogens with zero attached hydrogens (tertiary/aromatic N) is 2. The van der Waals surface area contributed by atoms with Crippen molar-refractivity contribution in [2.75, 3.05) is 0 Å². The van der Waals surface area contributed by atoms with Crippen LogP contribution in [0.2, 0.25) is 0 Å². The zero-order valence-corrected chi connectivity index (χ0v) is 8.34. The molecular formula is C8H7BrN2O. The predicted octanol–water partition coefficient (Wildman–Crippen LogP) is 2.60. The number of aromatic nitrogens is 2. The molecule has 3 nitrogen and oxygen atoms in total. The van der Waals surface area contributed by atoms with Crippen molar-refractivity contribution < 1.29 is 4.42 Å². The van der Waals surface area contributed by atoms with Crippen LogP contribution in [0.25, 0.3) is 11.1 Å². The third-order valence-electron chi connectivity index (χ3n) is 1.65. The molecule has 0 N–H and O–H groups in total. The summed E-state index contributed by atoms with van der Waals surface area (Å²) in [5, 5.41) is 0. The summed E-state index contributed by atoms with van der Waals surface area (Å²) in [4.78, 5) is 8.43. The number of aryl methyl sites for hydroxylation is 2. The fraction of sp³-hybridized carbons (Fsp3) is 0.250. The van der Waals surface area contributed by atoms with Crippen molar-refractivity contribution in [3.8, 4) is 0 Å². The van der Waals surface area contributed by atoms with Crippen molar-refractivity contribution in [1.29, 1.82) is 0 Å². The van der Waals surface area contributed by atoms with Gasteiger partial charge in [0, 0.05) is 0 Å². The molecule has 0 saturated heterocycles. The molecule has 0 aliphatic carbocycles. The van der Waals surface area contributed by atoms with Crippen molar-refractivity contribution in [3.63, 3.8) is 0 Å². The van der Waals surface area contributed by atoms with E-state index in [-0.39, 0.29) is 0 Å². The molecule has 0 bridgehead atoms. The highest BCUT2D eigenvalue weighted by Gasteiger charge is 2.08. The quantitative estimate of drug-likeness (QED) is 0.694. The largest absolute Gasteiger partial charge is 0.459 e. The second kappa shape index (κ2) is 2.55. The molecule has 0 aliphatic heterocycles. The van der Waals surface area contributed by atoms with Crippen LogP contribution in [-0.4, -0.2) is 9.97 Å². The fourth-order valence-electron chi connectivity index (χ4n) is 1.17. The maximum absolute atomic E-state index is 5.26. The molecule has 0 amide bonds. The molecule has 0 saturated carbocycles. The summed E-state index contributed by atoms with van der Waals surface area (Å²) >= 11 is 3.35. The highest BCUT2D eigenvalue weighted by atomic mass is 79.9. The Balaban J connectivity index is 2.92. The van der Waals surface area contributed by atoms with E-state index in [9.17, 15) is 0 Å². The first-order valence-corrected chi connectivity index (χ1v) is 4.35. The van der Waals surface area contributed by atoms with Crippen LogP contribution in [0.5, 0.6) is 0 Å². The van der Waals surface area contributed by atoms with E-state index >= 15 is 0 Å². The molecule has 2 aromatic rings. The van der Waals surface area contributed by atoms with Crippen molar-refractivity contribution >= 4 is 27.0 Å². The maximum Gasteiger partial charge on any atom is 0.174 e. The average molecular weight is 227 g/mol. The van der Waals surface area contributed by atoms with Gasteiger partial charge in [0.25, 0.3) is 0 Å². The number of rotatable bonds is 0. The number of halogens is 1. The van der Waals surface area contributed by atoms with Gasteiger partial charge in [0.1, 0.15) is 17.6 Å². The second-order valence-electron chi connectivity index (χ2n) is 2.62. The van der Waals surface area contributed by atoms with Gasteiger partial charge in [0.05, 0.1) is 10.2 Å². The van der Waals surface area contributed by atoms with Crippen LogP contribution in [-0.2, 0) is 0 Å². The first kappa shape index (κ1) is 7.73. The second-order valence-corrected chi connectivity index (χ2v) is 3.47. The normalized spacial score (nSPS) is 10.9. The van der Waals surface area contributed by atoms with Gasteiger partial charge in [-0.1, -0.05) is 0 Å². The van der Waals surface area contributed by atoms with E-state index in [4.69, 9.17) is 4.42 Å². The highest BCUT2D eigenvalue weighted by molar-refractivity contribution is 9.10. The van der Waals surface area contributed by atoms with Crippen LogP contribution < -0.4 is 0 Å². The smallest absolute Gasteiger partial charge is 0.174 e. The fourth-order valence-corrected chi connectivity index (χ4v) is 1.53. The Morgan fingerprint density at radius 2 is 2.08 bits per heavy atom. The lowest BCUT2D eigenvalue weighted by Gasteiger charge is -1.95. The maximum atomic E-state index is 5.26. The van der Waals surface area contributed by atoms with Gasteiger partial charge < -0.3 is 4.42 Å². The van der Waals surface area contributed by atoms with Crippen molar-refractivity contribution in [2.24, 2.45) is 0 Å². The molecule has 0 fully saturated rings. The summed E-state index contributed by atoms with van der Waals surface area (Å²) in [6.45, 7) is 3.78. The van der Waals surface area contributed by atoms with E-state index in [1.165, 1.54) is 0 Å². The number of hydrogen-bond donors (Lipinski definition) is 0. The van der Waals surface area contributed by atoms with Crippen LogP contribution >= 0.6 is 15.9 Å². The van der Waals surface area contributed by atoms with E-state index in [0.29, 0.717) is 0 Å². The summed E-state index contributed by atoms with van der Waals surface area (Å²) in [5.74, 6) is 0.766. The molecule has 0 aromatic carbocycles. The van der Waals surface area contributed by atoms with Crippen molar-refractivity contribution in [1.82, 2.24) is 9.97 Å². The number of fused-ring (bicyclic) bond motifs is 1. The minimum absolute atomic E-state index is 0.757. The molecule has 12 heavy (non-hydrogen) atoms. The molecule has 4 heteroatoms. The molecular weight excluding hydrogens is 220 g/mol. The van der Waals surface area contributed by atoms with Crippen LogP contribution in [0.4, 0.5) is 0 Å². The Morgan fingerprint density at radius 3 is 2.83 bits per heavy atom. The summed E-state index contributed by atoms with van der Waals surface area (Å²) in [6, 6.07) is 0. The van der Waals surface area contributed by atoms with Crippen LogP contribution in [0, 0.1) is 13.8 Å². The Hall–Kier alpha value is -0.900. The van der Waals surface area contributed by atoms with E-state index in [0.717, 1.165) is 27.1 Å². The number of hydrogen-bond acceptors (Lipinski definition) is 3. The van der Waals surface area contributed by atoms with E-state index in [2.05, 4.69) is 25.9 Å². The lowest BCUT2D eigenvalue weighted by molar-refractivity contribution is 0.608. The van der Waals surface area contributed by atoms with Crippen molar-refractivity contribution in [2.45, 2.75) is 13.8 Å². The number of furan rings is 1. The van der Waals surface area contributed by atoms with Gasteiger partial charge in [0.15, 0.2) is 5.58 Å². The highest BCUT2D eigenvalue weighted by Crippen LogP contribution is 2.25. The summed E-state index contributed by atoms with van der Waals surface area (Å²) in [6.07, 6.45) is 1.63. The van der Waals surface area contributed by atoms with Gasteiger partial charge >= 0.3 is 0 Å². The molecule has 2 rings (SSSR count). The first-order valence-electron chi connectivity index (χ1n) is 3.56. The zero-order chi connectivity index (χ0) is 8.72. The predicted molar refractivity (Wildman–Crippen MR) is 49.0 cm³/mol. The minimum Gasteiger partial charge on any atom is -0.459 e. The Bertz CT molecular complexity index is 436. The van der Waals surface area contributed by atoms with Crippen LogP contribution in [0.15, 0.2) is 15.2 Å². The molecule has 0 aliphatic rings. The van der Waals surface area contributed by atoms with Crippen LogP contribution in [0.3, 0.4) is 0 Å². The molecule has 0 spiro atoms. The minimum atomic E-state index is 0.757. The monoisotopic (exact) mass is 226 g/mol. The Morgan fingerprint density at radius 1 is 1.33 bits per heavy atom.